The summed E-state index contributed by atoms with van der Waals surface area (Å²) in [6, 6.07) is 9.10. The van der Waals surface area contributed by atoms with E-state index in [1.54, 1.807) is 6.07 Å². The lowest BCUT2D eigenvalue weighted by Crippen LogP contribution is -2.33. The minimum Gasteiger partial charge on any atom is -0.473 e. The highest BCUT2D eigenvalue weighted by molar-refractivity contribution is 5.87. The Morgan fingerprint density at radius 1 is 0.964 bits per heavy atom. The van der Waals surface area contributed by atoms with Gasteiger partial charge in [-0.25, -0.2) is 4.79 Å². The first-order valence-electron chi connectivity index (χ1n) is 9.08. The van der Waals surface area contributed by atoms with Gasteiger partial charge in [-0.2, -0.15) is 13.2 Å². The van der Waals surface area contributed by atoms with Gasteiger partial charge in [-0.3, -0.25) is 0 Å². The van der Waals surface area contributed by atoms with Crippen LogP contribution >= 0.6 is 0 Å². The van der Waals surface area contributed by atoms with Gasteiger partial charge in [-0.05, 0) is 49.1 Å². The van der Waals surface area contributed by atoms with Gasteiger partial charge in [0.2, 0.25) is 0 Å². The molecule has 0 atom stereocenters. The summed E-state index contributed by atoms with van der Waals surface area (Å²) in [7, 11) is 0. The number of hydrogen-bond acceptors (Lipinski definition) is 4. The molecule has 0 amide bonds. The minimum atomic E-state index is -4.47. The summed E-state index contributed by atoms with van der Waals surface area (Å²) in [4.78, 5) is 13.9. The predicted molar refractivity (Wildman–Crippen MR) is 97.6 cm³/mol. The Kier molecular flexibility index (Phi) is 3.69. The number of fused-ring (bicyclic) bond motifs is 5. The van der Waals surface area contributed by atoms with Crippen LogP contribution in [0.3, 0.4) is 0 Å². The fourth-order valence-electron chi connectivity index (χ4n) is 4.20. The van der Waals surface area contributed by atoms with Crippen molar-refractivity contribution in [2.24, 2.45) is 0 Å². The van der Waals surface area contributed by atoms with Crippen LogP contribution in [0.25, 0.3) is 11.0 Å². The average Bonchev–Trinajstić information content (AvgIpc) is 3.18. The van der Waals surface area contributed by atoms with E-state index in [0.717, 1.165) is 29.9 Å². The molecule has 0 saturated carbocycles. The third-order valence-electron chi connectivity index (χ3n) is 5.48. The Balaban J connectivity index is 1.64. The molecule has 1 aliphatic carbocycles. The molecular weight excluding hydrogens is 371 g/mol. The molecule has 28 heavy (non-hydrogen) atoms. The van der Waals surface area contributed by atoms with E-state index in [0.29, 0.717) is 28.9 Å². The minimum absolute atomic E-state index is 0.0131. The van der Waals surface area contributed by atoms with Crippen LogP contribution in [0.15, 0.2) is 45.6 Å². The van der Waals surface area contributed by atoms with Crippen LogP contribution in [0.2, 0.25) is 0 Å². The van der Waals surface area contributed by atoms with E-state index in [4.69, 9.17) is 9.15 Å². The number of halogens is 3. The summed E-state index contributed by atoms with van der Waals surface area (Å²) in [5.74, 6) is 0.536. The van der Waals surface area contributed by atoms with E-state index < -0.39 is 11.7 Å². The van der Waals surface area contributed by atoms with Gasteiger partial charge in [0.15, 0.2) is 6.73 Å². The summed E-state index contributed by atoms with van der Waals surface area (Å²) in [5.41, 5.74) is 1.68. The fraction of sp³-hybridized carbons (Fsp3) is 0.286. The molecule has 144 valence electrons. The summed E-state index contributed by atoms with van der Waals surface area (Å²) >= 11 is 0. The number of para-hydroxylation sites is 1. The van der Waals surface area contributed by atoms with E-state index in [9.17, 15) is 18.0 Å². The van der Waals surface area contributed by atoms with Gasteiger partial charge in [0.05, 0.1) is 23.4 Å². The number of rotatable bonds is 1. The highest BCUT2D eigenvalue weighted by Gasteiger charge is 2.36. The average molecular weight is 387 g/mol. The van der Waals surface area contributed by atoms with Crippen molar-refractivity contribution in [2.45, 2.75) is 32.0 Å². The Hall–Kier alpha value is -2.96. The molecule has 1 aliphatic heterocycles. The van der Waals surface area contributed by atoms with Crippen molar-refractivity contribution in [2.75, 3.05) is 11.6 Å². The van der Waals surface area contributed by atoms with E-state index in [-0.39, 0.29) is 24.6 Å². The van der Waals surface area contributed by atoms with E-state index >= 15 is 0 Å². The number of alkyl halides is 3. The smallest absolute Gasteiger partial charge is 0.418 e. The molecule has 7 heteroatoms. The number of anilines is 1. The van der Waals surface area contributed by atoms with Crippen LogP contribution in [0.5, 0.6) is 5.75 Å². The Bertz CT molecular complexity index is 1150. The molecule has 2 aliphatic rings. The number of ether oxygens (including phenoxy) is 1. The second kappa shape index (κ2) is 6.02. The van der Waals surface area contributed by atoms with E-state index in [1.807, 2.05) is 12.1 Å². The van der Waals surface area contributed by atoms with Crippen LogP contribution in [0.4, 0.5) is 18.9 Å². The zero-order valence-corrected chi connectivity index (χ0v) is 14.8. The van der Waals surface area contributed by atoms with Gasteiger partial charge < -0.3 is 14.1 Å². The van der Waals surface area contributed by atoms with Crippen molar-refractivity contribution in [1.29, 1.82) is 0 Å². The maximum atomic E-state index is 13.4. The maximum Gasteiger partial charge on any atom is 0.418 e. The predicted octanol–water partition coefficient (Wildman–Crippen LogP) is 4.66. The zero-order valence-electron chi connectivity index (χ0n) is 14.8. The number of nitrogens with zero attached hydrogens (tertiary/aromatic N) is 1. The molecule has 0 N–H and O–H groups in total. The van der Waals surface area contributed by atoms with Gasteiger partial charge in [-0.1, -0.05) is 12.1 Å². The third kappa shape index (κ3) is 2.57. The first kappa shape index (κ1) is 17.2. The van der Waals surface area contributed by atoms with Crippen LogP contribution in [0.1, 0.15) is 28.7 Å². The number of benzene rings is 2. The molecule has 2 aromatic carbocycles. The van der Waals surface area contributed by atoms with Crippen molar-refractivity contribution in [3.05, 3.63) is 69.1 Å². The van der Waals surface area contributed by atoms with Crippen molar-refractivity contribution < 1.29 is 22.3 Å². The summed E-state index contributed by atoms with van der Waals surface area (Å²) < 4.78 is 51.6. The van der Waals surface area contributed by atoms with Crippen molar-refractivity contribution in [3.8, 4) is 5.75 Å². The lowest BCUT2D eigenvalue weighted by atomic mass is 10.0. The van der Waals surface area contributed by atoms with Gasteiger partial charge in [-0.15, -0.1) is 0 Å². The first-order chi connectivity index (χ1) is 13.4. The molecule has 4 nitrogen and oxygen atoms in total. The Labute approximate surface area is 158 Å². The Morgan fingerprint density at radius 2 is 1.75 bits per heavy atom. The van der Waals surface area contributed by atoms with Crippen LogP contribution in [-0.4, -0.2) is 6.73 Å². The summed E-state index contributed by atoms with van der Waals surface area (Å²) in [6.45, 7) is 0.155. The lowest BCUT2D eigenvalue weighted by Gasteiger charge is -2.32. The molecule has 1 aromatic heterocycles. The molecular formula is C21H16F3NO3. The molecule has 2 heterocycles. The summed E-state index contributed by atoms with van der Waals surface area (Å²) in [5, 5.41) is 0.848. The van der Waals surface area contributed by atoms with Crippen molar-refractivity contribution in [1.82, 2.24) is 0 Å². The first-order valence-corrected chi connectivity index (χ1v) is 9.08. The SMILES string of the molecule is O=c1oc2c3c(ccc2c2c1CCC2)OCN(c1ccccc1C(F)(F)F)C3. The molecule has 0 radical (unpaired) electrons. The summed E-state index contributed by atoms with van der Waals surface area (Å²) in [6.07, 6.45) is -2.06. The van der Waals surface area contributed by atoms with Crippen molar-refractivity contribution >= 4 is 16.7 Å². The topological polar surface area (TPSA) is 42.7 Å². The largest absolute Gasteiger partial charge is 0.473 e. The van der Waals surface area contributed by atoms with Gasteiger partial charge in [0.1, 0.15) is 11.3 Å². The fourth-order valence-corrected chi connectivity index (χ4v) is 4.20. The second-order valence-corrected chi connectivity index (χ2v) is 7.11. The molecule has 5 rings (SSSR count). The maximum absolute atomic E-state index is 13.4. The highest BCUT2D eigenvalue weighted by atomic mass is 19.4. The lowest BCUT2D eigenvalue weighted by molar-refractivity contribution is -0.137. The monoisotopic (exact) mass is 387 g/mol. The number of hydrogen-bond donors (Lipinski definition) is 0. The molecule has 3 aromatic rings. The molecule has 0 bridgehead atoms. The highest BCUT2D eigenvalue weighted by Crippen LogP contribution is 2.41. The van der Waals surface area contributed by atoms with E-state index in [2.05, 4.69) is 0 Å². The third-order valence-corrected chi connectivity index (χ3v) is 5.48. The van der Waals surface area contributed by atoms with Gasteiger partial charge >= 0.3 is 11.8 Å². The van der Waals surface area contributed by atoms with Crippen LogP contribution in [-0.2, 0) is 25.6 Å². The Morgan fingerprint density at radius 3 is 2.57 bits per heavy atom. The molecule has 0 unspecified atom stereocenters. The molecule has 0 saturated heterocycles. The standard InChI is InChI=1S/C21H16F3NO3/c22-21(23,24)16-6-1-2-7-17(16)25-10-15-18(27-11-25)9-8-13-12-4-3-5-14(12)20(26)28-19(13)15/h1-2,6-9H,3-5,10-11H2. The zero-order chi connectivity index (χ0) is 19.5. The van der Waals surface area contributed by atoms with Crippen LogP contribution in [0, 0.1) is 0 Å². The van der Waals surface area contributed by atoms with Crippen molar-refractivity contribution in [3.63, 3.8) is 0 Å². The number of aryl methyl sites for hydroxylation is 1. The van der Waals surface area contributed by atoms with E-state index in [1.165, 1.54) is 17.0 Å². The molecule has 0 fully saturated rings. The normalized spacial score (nSPS) is 16.0. The van der Waals surface area contributed by atoms with Gasteiger partial charge in [0.25, 0.3) is 0 Å². The quantitative estimate of drug-likeness (QED) is 0.570. The molecule has 0 spiro atoms. The van der Waals surface area contributed by atoms with Gasteiger partial charge in [0, 0.05) is 10.9 Å². The second-order valence-electron chi connectivity index (χ2n) is 7.11. The van der Waals surface area contributed by atoms with Crippen LogP contribution < -0.4 is 15.3 Å².